The molecule has 58 heavy (non-hydrogen) atoms. The van der Waals surface area contributed by atoms with Crippen LogP contribution in [0, 0.1) is 0 Å². The smallest absolute Gasteiger partial charge is 0.306 e. The van der Waals surface area contributed by atoms with Gasteiger partial charge < -0.3 is 14.2 Å². The number of hydrogen-bond acceptors (Lipinski definition) is 5. The Hall–Kier alpha value is -2.40. The SMILES string of the molecule is CC/C=C\C/C=C\C/C=C\C/C=C\C/C=C\CCCCOCC(COC(=O)CCCCCCCCCCCCCCCCCCC)OC(=O)CCCCCCCCC. The van der Waals surface area contributed by atoms with Crippen LogP contribution in [0.5, 0.6) is 0 Å². The second-order valence-corrected chi connectivity index (χ2v) is 16.4. The van der Waals surface area contributed by atoms with Crippen LogP contribution in [-0.2, 0) is 23.8 Å². The second kappa shape index (κ2) is 49.0. The Morgan fingerprint density at radius 1 is 0.397 bits per heavy atom. The Bertz CT molecular complexity index is 1010. The molecule has 1 unspecified atom stereocenters. The van der Waals surface area contributed by atoms with E-state index in [0.717, 1.165) is 83.5 Å². The first kappa shape index (κ1) is 55.6. The van der Waals surface area contributed by atoms with Crippen LogP contribution in [0.15, 0.2) is 60.8 Å². The van der Waals surface area contributed by atoms with Crippen molar-refractivity contribution in [3.05, 3.63) is 60.8 Å². The number of esters is 2. The van der Waals surface area contributed by atoms with E-state index in [-0.39, 0.29) is 25.2 Å². The first-order valence-corrected chi connectivity index (χ1v) is 24.8. The molecule has 1 atom stereocenters. The Kier molecular flexibility index (Phi) is 46.9. The number of unbranched alkanes of at least 4 members (excludes halogenated alkanes) is 24. The number of rotatable bonds is 45. The molecule has 0 aromatic heterocycles. The fourth-order valence-electron chi connectivity index (χ4n) is 6.89. The summed E-state index contributed by atoms with van der Waals surface area (Å²) in [6.07, 6.45) is 61.0. The minimum absolute atomic E-state index is 0.0700. The van der Waals surface area contributed by atoms with Crippen LogP contribution in [0.1, 0.15) is 239 Å². The average Bonchev–Trinajstić information content (AvgIpc) is 3.22. The second-order valence-electron chi connectivity index (χ2n) is 16.4. The Balaban J connectivity index is 4.18. The maximum absolute atomic E-state index is 12.7. The lowest BCUT2D eigenvalue weighted by Gasteiger charge is -2.18. The van der Waals surface area contributed by atoms with Gasteiger partial charge in [-0.25, -0.2) is 0 Å². The van der Waals surface area contributed by atoms with Gasteiger partial charge in [0.15, 0.2) is 6.10 Å². The van der Waals surface area contributed by atoms with Gasteiger partial charge in [0, 0.05) is 19.4 Å². The zero-order chi connectivity index (χ0) is 42.1. The molecule has 0 aromatic rings. The molecule has 0 aliphatic carbocycles. The van der Waals surface area contributed by atoms with Gasteiger partial charge >= 0.3 is 11.9 Å². The predicted molar refractivity (Wildman–Crippen MR) is 251 cm³/mol. The van der Waals surface area contributed by atoms with Gasteiger partial charge in [-0.05, 0) is 64.2 Å². The maximum Gasteiger partial charge on any atom is 0.306 e. The van der Waals surface area contributed by atoms with Crippen molar-refractivity contribution in [2.24, 2.45) is 0 Å². The molecule has 0 amide bonds. The van der Waals surface area contributed by atoms with E-state index in [1.165, 1.54) is 122 Å². The van der Waals surface area contributed by atoms with Crippen molar-refractivity contribution in [1.29, 1.82) is 0 Å². The van der Waals surface area contributed by atoms with E-state index in [1.807, 2.05) is 0 Å². The number of ether oxygens (including phenoxy) is 3. The van der Waals surface area contributed by atoms with Crippen molar-refractivity contribution in [2.45, 2.75) is 245 Å². The highest BCUT2D eigenvalue weighted by Crippen LogP contribution is 2.15. The standard InChI is InChI=1S/C53H94O5/c1-4-7-10-13-16-18-20-22-24-26-28-30-32-34-36-39-42-45-48-56-49-51(58-53(55)47-44-41-37-15-12-9-6-3)50-57-52(54)46-43-40-38-35-33-31-29-27-25-23-21-19-17-14-11-8-5-2/h7,10,16,18,22,24,28,30,34,36,51H,4-6,8-9,11-15,17,19-21,23,25-27,29,31-33,35,37-50H2,1-3H3/b10-7-,18-16-,24-22-,30-28-,36-34-. The first-order valence-electron chi connectivity index (χ1n) is 24.8. The normalized spacial score (nSPS) is 12.7. The molecular weight excluding hydrogens is 717 g/mol. The highest BCUT2D eigenvalue weighted by Gasteiger charge is 2.17. The average molecular weight is 811 g/mol. The van der Waals surface area contributed by atoms with E-state index in [0.29, 0.717) is 19.4 Å². The van der Waals surface area contributed by atoms with Gasteiger partial charge in [0.05, 0.1) is 6.61 Å². The summed E-state index contributed by atoms with van der Waals surface area (Å²) in [4.78, 5) is 25.2. The fourth-order valence-corrected chi connectivity index (χ4v) is 6.89. The minimum Gasteiger partial charge on any atom is -0.462 e. The molecule has 0 fully saturated rings. The van der Waals surface area contributed by atoms with Crippen LogP contribution in [0.25, 0.3) is 0 Å². The fraction of sp³-hybridized carbons (Fsp3) is 0.774. The van der Waals surface area contributed by atoms with Crippen LogP contribution in [-0.4, -0.2) is 37.9 Å². The number of hydrogen-bond donors (Lipinski definition) is 0. The van der Waals surface area contributed by atoms with E-state index < -0.39 is 6.10 Å². The summed E-state index contributed by atoms with van der Waals surface area (Å²) in [5.41, 5.74) is 0. The lowest BCUT2D eigenvalue weighted by atomic mass is 10.0. The van der Waals surface area contributed by atoms with Crippen molar-refractivity contribution in [1.82, 2.24) is 0 Å². The molecule has 0 aliphatic rings. The van der Waals surface area contributed by atoms with Crippen LogP contribution in [0.2, 0.25) is 0 Å². The molecule has 0 aromatic carbocycles. The highest BCUT2D eigenvalue weighted by atomic mass is 16.6. The predicted octanol–water partition coefficient (Wildman–Crippen LogP) is 16.6. The molecule has 0 N–H and O–H groups in total. The van der Waals surface area contributed by atoms with Crippen LogP contribution < -0.4 is 0 Å². The molecule has 0 aliphatic heterocycles. The molecule has 0 saturated carbocycles. The lowest BCUT2D eigenvalue weighted by Crippen LogP contribution is -2.30. The van der Waals surface area contributed by atoms with Gasteiger partial charge in [0.25, 0.3) is 0 Å². The maximum atomic E-state index is 12.7. The van der Waals surface area contributed by atoms with Gasteiger partial charge in [-0.1, -0.05) is 223 Å². The molecule has 0 radical (unpaired) electrons. The first-order chi connectivity index (χ1) is 28.6. The third kappa shape index (κ3) is 46.3. The number of carbonyl (C=O) groups excluding carboxylic acids is 2. The molecule has 0 bridgehead atoms. The van der Waals surface area contributed by atoms with E-state index in [2.05, 4.69) is 81.5 Å². The van der Waals surface area contributed by atoms with Crippen LogP contribution >= 0.6 is 0 Å². The van der Waals surface area contributed by atoms with Crippen molar-refractivity contribution >= 4 is 11.9 Å². The summed E-state index contributed by atoms with van der Waals surface area (Å²) in [5.74, 6) is -0.420. The molecule has 5 nitrogen and oxygen atoms in total. The number of allylic oxidation sites excluding steroid dienone is 10. The minimum atomic E-state index is -0.553. The van der Waals surface area contributed by atoms with Gasteiger partial charge in [-0.15, -0.1) is 0 Å². The molecule has 5 heteroatoms. The molecule has 0 saturated heterocycles. The van der Waals surface area contributed by atoms with Gasteiger partial charge in [0.1, 0.15) is 6.61 Å². The lowest BCUT2D eigenvalue weighted by molar-refractivity contribution is -0.163. The van der Waals surface area contributed by atoms with Gasteiger partial charge in [0.2, 0.25) is 0 Å². The van der Waals surface area contributed by atoms with Gasteiger partial charge in [-0.2, -0.15) is 0 Å². The van der Waals surface area contributed by atoms with E-state index in [4.69, 9.17) is 14.2 Å². The van der Waals surface area contributed by atoms with Crippen molar-refractivity contribution in [2.75, 3.05) is 19.8 Å². The summed E-state index contributed by atoms with van der Waals surface area (Å²) in [6, 6.07) is 0. The van der Waals surface area contributed by atoms with E-state index in [1.54, 1.807) is 0 Å². The van der Waals surface area contributed by atoms with Crippen molar-refractivity contribution in [3.8, 4) is 0 Å². The molecule has 0 spiro atoms. The Morgan fingerprint density at radius 2 is 0.776 bits per heavy atom. The molecular formula is C53H94O5. The van der Waals surface area contributed by atoms with Crippen LogP contribution in [0.4, 0.5) is 0 Å². The largest absolute Gasteiger partial charge is 0.462 e. The summed E-state index contributed by atoms with van der Waals surface area (Å²) >= 11 is 0. The molecule has 336 valence electrons. The summed E-state index contributed by atoms with van der Waals surface area (Å²) in [6.45, 7) is 7.60. The third-order valence-electron chi connectivity index (χ3n) is 10.6. The topological polar surface area (TPSA) is 61.8 Å². The zero-order valence-corrected chi connectivity index (χ0v) is 38.6. The van der Waals surface area contributed by atoms with E-state index in [9.17, 15) is 9.59 Å². The monoisotopic (exact) mass is 811 g/mol. The Morgan fingerprint density at radius 3 is 1.21 bits per heavy atom. The van der Waals surface area contributed by atoms with E-state index >= 15 is 0 Å². The summed E-state index contributed by atoms with van der Waals surface area (Å²) in [7, 11) is 0. The van der Waals surface area contributed by atoms with Crippen molar-refractivity contribution in [3.63, 3.8) is 0 Å². The quantitative estimate of drug-likeness (QED) is 0.0348. The molecule has 0 heterocycles. The summed E-state index contributed by atoms with van der Waals surface area (Å²) < 4.78 is 17.3. The number of carbonyl (C=O) groups is 2. The van der Waals surface area contributed by atoms with Crippen molar-refractivity contribution < 1.29 is 23.8 Å². The molecule has 0 rings (SSSR count). The van der Waals surface area contributed by atoms with Gasteiger partial charge in [-0.3, -0.25) is 9.59 Å². The highest BCUT2D eigenvalue weighted by molar-refractivity contribution is 5.70. The summed E-state index contributed by atoms with van der Waals surface area (Å²) in [5, 5.41) is 0. The third-order valence-corrected chi connectivity index (χ3v) is 10.6. The Labute approximate surface area is 360 Å². The zero-order valence-electron chi connectivity index (χ0n) is 38.6. The van der Waals surface area contributed by atoms with Crippen LogP contribution in [0.3, 0.4) is 0 Å².